The Kier molecular flexibility index (Phi) is 5.67. The number of cyclic esters (lactones) is 1. The van der Waals surface area contributed by atoms with Crippen molar-refractivity contribution in [3.8, 4) is 23.0 Å². The minimum Gasteiger partial charge on any atom is -0.457 e. The molecule has 3 aliphatic heterocycles. The van der Waals surface area contributed by atoms with Gasteiger partial charge in [-0.15, -0.1) is 0 Å². The predicted octanol–water partition coefficient (Wildman–Crippen LogP) is 3.92. The first-order chi connectivity index (χ1) is 17.2. The highest BCUT2D eigenvalue weighted by Crippen LogP contribution is 2.48. The van der Waals surface area contributed by atoms with Gasteiger partial charge in [-0.2, -0.15) is 0 Å². The van der Waals surface area contributed by atoms with Crippen molar-refractivity contribution in [1.82, 2.24) is 0 Å². The van der Waals surface area contributed by atoms with Gasteiger partial charge >= 0.3 is 5.97 Å². The van der Waals surface area contributed by atoms with E-state index in [1.165, 1.54) is 0 Å². The molecule has 180 valence electrons. The Balaban J connectivity index is 1.28. The molecular weight excluding hydrogens is 452 g/mol. The van der Waals surface area contributed by atoms with Crippen molar-refractivity contribution in [2.75, 3.05) is 20.2 Å². The van der Waals surface area contributed by atoms with Crippen LogP contribution in [0.4, 0.5) is 0 Å². The normalized spacial score (nSPS) is 22.8. The van der Waals surface area contributed by atoms with Crippen LogP contribution in [0, 0.1) is 11.8 Å². The van der Waals surface area contributed by atoms with Gasteiger partial charge < -0.3 is 33.5 Å². The molecule has 8 heteroatoms. The summed E-state index contributed by atoms with van der Waals surface area (Å²) in [5.41, 5.74) is 2.33. The third-order valence-corrected chi connectivity index (χ3v) is 6.59. The summed E-state index contributed by atoms with van der Waals surface area (Å²) in [6.45, 7) is 0.874. The van der Waals surface area contributed by atoms with E-state index in [0.29, 0.717) is 35.2 Å². The fraction of sp³-hybridized carbons (Fsp3) is 0.296. The SMILES string of the molecule is O=C1O[C@H](c2ccc3c(c2)OCO3)[C@@H](COCc2ccccc2)[C@@H]1C(O)c1ccc2c(c1)OCO2. The van der Waals surface area contributed by atoms with E-state index < -0.39 is 30.0 Å². The molecule has 3 heterocycles. The number of aliphatic hydroxyl groups is 1. The maximum Gasteiger partial charge on any atom is 0.313 e. The van der Waals surface area contributed by atoms with Crippen molar-refractivity contribution in [3.63, 3.8) is 0 Å². The van der Waals surface area contributed by atoms with Gasteiger partial charge in [0.1, 0.15) is 6.10 Å². The Morgan fingerprint density at radius 2 is 1.54 bits per heavy atom. The number of fused-ring (bicyclic) bond motifs is 2. The second-order valence-corrected chi connectivity index (χ2v) is 8.72. The number of carbonyl (C=O) groups is 1. The van der Waals surface area contributed by atoms with Crippen molar-refractivity contribution in [1.29, 1.82) is 0 Å². The number of esters is 1. The quantitative estimate of drug-likeness (QED) is 0.513. The Bertz CT molecular complexity index is 1230. The lowest BCUT2D eigenvalue weighted by Gasteiger charge is -2.25. The molecule has 0 aliphatic carbocycles. The predicted molar refractivity (Wildman–Crippen MR) is 122 cm³/mol. The summed E-state index contributed by atoms with van der Waals surface area (Å²) in [4.78, 5) is 13.1. The van der Waals surface area contributed by atoms with Gasteiger partial charge in [-0.3, -0.25) is 4.79 Å². The average Bonchev–Trinajstić information content (AvgIpc) is 3.62. The van der Waals surface area contributed by atoms with Gasteiger partial charge in [0.2, 0.25) is 13.6 Å². The maximum absolute atomic E-state index is 13.1. The number of hydrogen-bond acceptors (Lipinski definition) is 8. The average molecular weight is 476 g/mol. The van der Waals surface area contributed by atoms with Gasteiger partial charge in [0.25, 0.3) is 0 Å². The topological polar surface area (TPSA) is 92.7 Å². The smallest absolute Gasteiger partial charge is 0.313 e. The van der Waals surface area contributed by atoms with Crippen LogP contribution in [-0.4, -0.2) is 31.3 Å². The van der Waals surface area contributed by atoms with Gasteiger partial charge in [-0.05, 0) is 41.0 Å². The van der Waals surface area contributed by atoms with Crippen LogP contribution >= 0.6 is 0 Å². The molecule has 6 rings (SSSR count). The van der Waals surface area contributed by atoms with E-state index in [2.05, 4.69) is 0 Å². The third kappa shape index (κ3) is 4.15. The molecule has 1 fully saturated rings. The first-order valence-corrected chi connectivity index (χ1v) is 11.5. The van der Waals surface area contributed by atoms with Gasteiger partial charge in [0.05, 0.1) is 25.2 Å². The molecule has 0 saturated carbocycles. The summed E-state index contributed by atoms with van der Waals surface area (Å²) in [7, 11) is 0. The van der Waals surface area contributed by atoms with Crippen LogP contribution in [-0.2, 0) is 20.9 Å². The number of ether oxygens (including phenoxy) is 6. The summed E-state index contributed by atoms with van der Waals surface area (Å²) in [6.07, 6.45) is -1.72. The largest absolute Gasteiger partial charge is 0.457 e. The fourth-order valence-electron chi connectivity index (χ4n) is 4.81. The first-order valence-electron chi connectivity index (χ1n) is 11.5. The molecular formula is C27H24O8. The summed E-state index contributed by atoms with van der Waals surface area (Å²) in [5.74, 6) is 0.641. The fourth-order valence-corrected chi connectivity index (χ4v) is 4.81. The summed E-state index contributed by atoms with van der Waals surface area (Å²) >= 11 is 0. The van der Waals surface area contributed by atoms with Crippen molar-refractivity contribution in [2.24, 2.45) is 11.8 Å². The van der Waals surface area contributed by atoms with Crippen LogP contribution in [0.3, 0.4) is 0 Å². The second-order valence-electron chi connectivity index (χ2n) is 8.72. The van der Waals surface area contributed by atoms with E-state index in [-0.39, 0.29) is 20.2 Å². The molecule has 35 heavy (non-hydrogen) atoms. The Hall–Kier alpha value is -3.75. The molecule has 3 aliphatic rings. The van der Waals surface area contributed by atoms with Crippen LogP contribution in [0.5, 0.6) is 23.0 Å². The van der Waals surface area contributed by atoms with Crippen LogP contribution in [0.25, 0.3) is 0 Å². The van der Waals surface area contributed by atoms with Crippen molar-refractivity contribution < 1.29 is 38.3 Å². The molecule has 3 aromatic rings. The molecule has 0 radical (unpaired) electrons. The first kappa shape index (κ1) is 21.8. The van der Waals surface area contributed by atoms with Crippen molar-refractivity contribution in [2.45, 2.75) is 18.8 Å². The molecule has 0 spiro atoms. The van der Waals surface area contributed by atoms with Crippen LogP contribution in [0.2, 0.25) is 0 Å². The molecule has 0 bridgehead atoms. The number of hydrogen-bond donors (Lipinski definition) is 1. The molecule has 4 atom stereocenters. The standard InChI is InChI=1S/C27H24O8/c28-25(17-6-8-20-22(10-17)33-14-31-20)24-19(13-30-12-16-4-2-1-3-5-16)26(35-27(24)29)18-7-9-21-23(11-18)34-15-32-21/h1-11,19,24-26,28H,12-15H2/t19-,24+,25?,26+/m0/s1. The second kappa shape index (κ2) is 9.13. The van der Waals surface area contributed by atoms with Gasteiger partial charge in [0, 0.05) is 5.92 Å². The van der Waals surface area contributed by atoms with E-state index in [1.54, 1.807) is 24.3 Å². The molecule has 1 unspecified atom stereocenters. The lowest BCUT2D eigenvalue weighted by molar-refractivity contribution is -0.147. The monoisotopic (exact) mass is 476 g/mol. The third-order valence-electron chi connectivity index (χ3n) is 6.59. The minimum atomic E-state index is -1.11. The lowest BCUT2D eigenvalue weighted by atomic mass is 9.82. The zero-order valence-corrected chi connectivity index (χ0v) is 18.8. The lowest BCUT2D eigenvalue weighted by Crippen LogP contribution is -2.28. The molecule has 0 amide bonds. The molecule has 1 saturated heterocycles. The van der Waals surface area contributed by atoms with Crippen molar-refractivity contribution in [3.05, 3.63) is 83.4 Å². The summed E-state index contributed by atoms with van der Waals surface area (Å²) < 4.78 is 33.6. The number of benzene rings is 3. The number of carbonyl (C=O) groups excluding carboxylic acids is 1. The zero-order chi connectivity index (χ0) is 23.8. The highest BCUT2D eigenvalue weighted by Gasteiger charge is 2.49. The molecule has 0 aromatic heterocycles. The van der Waals surface area contributed by atoms with E-state index >= 15 is 0 Å². The van der Waals surface area contributed by atoms with E-state index in [9.17, 15) is 9.90 Å². The van der Waals surface area contributed by atoms with Gasteiger partial charge in [-0.1, -0.05) is 42.5 Å². The molecule has 8 nitrogen and oxygen atoms in total. The molecule has 1 N–H and O–H groups in total. The maximum atomic E-state index is 13.1. The van der Waals surface area contributed by atoms with Crippen molar-refractivity contribution >= 4 is 5.97 Å². The highest BCUT2D eigenvalue weighted by atomic mass is 16.7. The van der Waals surface area contributed by atoms with E-state index in [1.807, 2.05) is 42.5 Å². The zero-order valence-electron chi connectivity index (χ0n) is 18.8. The van der Waals surface area contributed by atoms with E-state index in [4.69, 9.17) is 28.4 Å². The number of aliphatic hydroxyl groups excluding tert-OH is 1. The number of rotatable bonds is 7. The van der Waals surface area contributed by atoms with Crippen LogP contribution in [0.15, 0.2) is 66.7 Å². The van der Waals surface area contributed by atoms with Crippen LogP contribution in [0.1, 0.15) is 28.9 Å². The van der Waals surface area contributed by atoms with Gasteiger partial charge in [-0.25, -0.2) is 0 Å². The Morgan fingerprint density at radius 3 is 2.31 bits per heavy atom. The molecule has 3 aromatic carbocycles. The highest BCUT2D eigenvalue weighted by molar-refractivity contribution is 5.77. The Morgan fingerprint density at radius 1 is 0.857 bits per heavy atom. The summed E-state index contributed by atoms with van der Waals surface area (Å²) in [5, 5.41) is 11.3. The Labute approximate surface area is 201 Å². The van der Waals surface area contributed by atoms with Crippen LogP contribution < -0.4 is 18.9 Å². The minimum absolute atomic E-state index is 0.127. The summed E-state index contributed by atoms with van der Waals surface area (Å²) in [6, 6.07) is 20.4. The van der Waals surface area contributed by atoms with Gasteiger partial charge in [0.15, 0.2) is 23.0 Å². The van der Waals surface area contributed by atoms with E-state index in [0.717, 1.165) is 11.1 Å².